The third kappa shape index (κ3) is 2.46. The van der Waals surface area contributed by atoms with E-state index in [0.717, 1.165) is 23.3 Å². The first-order valence-corrected chi connectivity index (χ1v) is 7.22. The zero-order valence-electron chi connectivity index (χ0n) is 11.0. The summed E-state index contributed by atoms with van der Waals surface area (Å²) in [5.74, 6) is 0.862. The number of pyridine rings is 1. The molecule has 0 aliphatic heterocycles. The quantitative estimate of drug-likeness (QED) is 0.793. The molecule has 3 heterocycles. The molecule has 3 aromatic heterocycles. The molecule has 0 saturated heterocycles. The summed E-state index contributed by atoms with van der Waals surface area (Å²) in [7, 11) is 1.99. The van der Waals surface area contributed by atoms with Gasteiger partial charge in [-0.25, -0.2) is 9.97 Å². The summed E-state index contributed by atoms with van der Waals surface area (Å²) in [6.07, 6.45) is 4.64. The summed E-state index contributed by atoms with van der Waals surface area (Å²) in [5, 5.41) is 7.75. The zero-order chi connectivity index (χ0) is 13.2. The highest BCUT2D eigenvalue weighted by atomic mass is 32.1. The predicted molar refractivity (Wildman–Crippen MR) is 79.6 cm³/mol. The lowest BCUT2D eigenvalue weighted by Gasteiger charge is -2.14. The van der Waals surface area contributed by atoms with Crippen LogP contribution < -0.4 is 5.32 Å². The van der Waals surface area contributed by atoms with E-state index in [1.54, 1.807) is 11.3 Å². The third-order valence-corrected chi connectivity index (χ3v) is 3.88. The van der Waals surface area contributed by atoms with Gasteiger partial charge in [-0.3, -0.25) is 0 Å². The maximum Gasteiger partial charge on any atom is 0.154 e. The van der Waals surface area contributed by atoms with Crippen molar-refractivity contribution < 1.29 is 0 Å². The van der Waals surface area contributed by atoms with E-state index in [9.17, 15) is 0 Å². The SMILES string of the molecule is CC(Cc1ccsc1)Nc1nccc2c1ncn2C. The second kappa shape index (κ2) is 5.01. The summed E-state index contributed by atoms with van der Waals surface area (Å²) in [4.78, 5) is 8.81. The number of anilines is 1. The number of fused-ring (bicyclic) bond motifs is 1. The molecule has 0 saturated carbocycles. The van der Waals surface area contributed by atoms with Crippen LogP contribution in [0.15, 0.2) is 35.4 Å². The Morgan fingerprint density at radius 3 is 3.05 bits per heavy atom. The Labute approximate surface area is 116 Å². The van der Waals surface area contributed by atoms with E-state index in [1.165, 1.54) is 5.56 Å². The number of nitrogens with one attached hydrogen (secondary N) is 1. The van der Waals surface area contributed by atoms with Gasteiger partial charge in [0.2, 0.25) is 0 Å². The summed E-state index contributed by atoms with van der Waals surface area (Å²) < 4.78 is 2.01. The molecule has 3 rings (SSSR count). The lowest BCUT2D eigenvalue weighted by molar-refractivity contribution is 0.788. The summed E-state index contributed by atoms with van der Waals surface area (Å²) in [5.41, 5.74) is 3.39. The average molecular weight is 272 g/mol. The average Bonchev–Trinajstić information content (AvgIpc) is 3.01. The van der Waals surface area contributed by atoms with Gasteiger partial charge in [-0.15, -0.1) is 0 Å². The van der Waals surface area contributed by atoms with Crippen LogP contribution in [0.1, 0.15) is 12.5 Å². The van der Waals surface area contributed by atoms with Gasteiger partial charge in [0.15, 0.2) is 5.82 Å². The molecular weight excluding hydrogens is 256 g/mol. The van der Waals surface area contributed by atoms with Crippen LogP contribution in [-0.4, -0.2) is 20.6 Å². The Balaban J connectivity index is 1.81. The van der Waals surface area contributed by atoms with E-state index in [0.29, 0.717) is 6.04 Å². The van der Waals surface area contributed by atoms with E-state index >= 15 is 0 Å². The Morgan fingerprint density at radius 1 is 1.37 bits per heavy atom. The zero-order valence-corrected chi connectivity index (χ0v) is 11.8. The molecular formula is C14H16N4S. The van der Waals surface area contributed by atoms with Crippen molar-refractivity contribution in [1.29, 1.82) is 0 Å². The number of aryl methyl sites for hydroxylation is 1. The minimum absolute atomic E-state index is 0.328. The standard InChI is InChI=1S/C14H16N4S/c1-10(7-11-4-6-19-8-11)17-14-13-12(3-5-15-14)18(2)9-16-13/h3-6,8-10H,7H2,1-2H3,(H,15,17). The van der Waals surface area contributed by atoms with Crippen molar-refractivity contribution in [2.24, 2.45) is 7.05 Å². The Bertz CT molecular complexity index is 672. The molecule has 4 nitrogen and oxygen atoms in total. The van der Waals surface area contributed by atoms with E-state index < -0.39 is 0 Å². The lowest BCUT2D eigenvalue weighted by Crippen LogP contribution is -2.18. The molecule has 0 fully saturated rings. The number of thiophene rings is 1. The molecule has 1 N–H and O–H groups in total. The highest BCUT2D eigenvalue weighted by Crippen LogP contribution is 2.20. The van der Waals surface area contributed by atoms with Gasteiger partial charge >= 0.3 is 0 Å². The molecule has 0 aromatic carbocycles. The minimum Gasteiger partial charge on any atom is -0.365 e. The fourth-order valence-electron chi connectivity index (χ4n) is 2.21. The molecule has 0 radical (unpaired) electrons. The molecule has 0 aliphatic rings. The molecule has 0 aliphatic carbocycles. The second-order valence-electron chi connectivity index (χ2n) is 4.76. The third-order valence-electron chi connectivity index (χ3n) is 3.15. The normalized spacial score (nSPS) is 12.7. The van der Waals surface area contributed by atoms with Gasteiger partial charge in [-0.2, -0.15) is 11.3 Å². The molecule has 3 aromatic rings. The Hall–Kier alpha value is -1.88. The van der Waals surface area contributed by atoms with Crippen LogP contribution in [0.2, 0.25) is 0 Å². The fraction of sp³-hybridized carbons (Fsp3) is 0.286. The van der Waals surface area contributed by atoms with Gasteiger partial charge in [0, 0.05) is 19.3 Å². The van der Waals surface area contributed by atoms with Gasteiger partial charge in [0.25, 0.3) is 0 Å². The monoisotopic (exact) mass is 272 g/mol. The number of rotatable bonds is 4. The van der Waals surface area contributed by atoms with E-state index in [1.807, 2.05) is 30.2 Å². The van der Waals surface area contributed by atoms with E-state index in [-0.39, 0.29) is 0 Å². The maximum absolute atomic E-state index is 4.41. The smallest absolute Gasteiger partial charge is 0.154 e. The van der Waals surface area contributed by atoms with Gasteiger partial charge < -0.3 is 9.88 Å². The lowest BCUT2D eigenvalue weighted by atomic mass is 10.1. The Morgan fingerprint density at radius 2 is 2.26 bits per heavy atom. The van der Waals surface area contributed by atoms with Crippen molar-refractivity contribution in [3.8, 4) is 0 Å². The molecule has 1 unspecified atom stereocenters. The second-order valence-corrected chi connectivity index (χ2v) is 5.54. The minimum atomic E-state index is 0.328. The van der Waals surface area contributed by atoms with Crippen LogP contribution in [0.3, 0.4) is 0 Å². The first kappa shape index (κ1) is 12.2. The van der Waals surface area contributed by atoms with Crippen LogP contribution in [0.4, 0.5) is 5.82 Å². The maximum atomic E-state index is 4.41. The summed E-state index contributed by atoms with van der Waals surface area (Å²) in [6.45, 7) is 2.17. The topological polar surface area (TPSA) is 42.7 Å². The number of aromatic nitrogens is 3. The fourth-order valence-corrected chi connectivity index (χ4v) is 2.90. The van der Waals surface area contributed by atoms with Gasteiger partial charge in [0.1, 0.15) is 5.52 Å². The number of hydrogen-bond acceptors (Lipinski definition) is 4. The molecule has 5 heteroatoms. The predicted octanol–water partition coefficient (Wildman–Crippen LogP) is 3.07. The summed E-state index contributed by atoms with van der Waals surface area (Å²) in [6, 6.07) is 4.48. The van der Waals surface area contributed by atoms with Crippen LogP contribution in [0.5, 0.6) is 0 Å². The van der Waals surface area contributed by atoms with E-state index in [4.69, 9.17) is 0 Å². The Kier molecular flexibility index (Phi) is 3.21. The highest BCUT2D eigenvalue weighted by molar-refractivity contribution is 7.07. The molecule has 19 heavy (non-hydrogen) atoms. The van der Waals surface area contributed by atoms with Crippen molar-refractivity contribution in [2.75, 3.05) is 5.32 Å². The van der Waals surface area contributed by atoms with Gasteiger partial charge in [-0.05, 0) is 41.8 Å². The van der Waals surface area contributed by atoms with Crippen molar-refractivity contribution >= 4 is 28.2 Å². The summed E-state index contributed by atoms with van der Waals surface area (Å²) >= 11 is 1.73. The van der Waals surface area contributed by atoms with Crippen LogP contribution in [0, 0.1) is 0 Å². The van der Waals surface area contributed by atoms with Crippen molar-refractivity contribution in [1.82, 2.24) is 14.5 Å². The molecule has 1 atom stereocenters. The van der Waals surface area contributed by atoms with Gasteiger partial charge in [0.05, 0.1) is 11.8 Å². The van der Waals surface area contributed by atoms with Crippen molar-refractivity contribution in [3.63, 3.8) is 0 Å². The number of imidazole rings is 1. The highest BCUT2D eigenvalue weighted by Gasteiger charge is 2.10. The van der Waals surface area contributed by atoms with Crippen molar-refractivity contribution in [3.05, 3.63) is 41.0 Å². The van der Waals surface area contributed by atoms with Gasteiger partial charge in [-0.1, -0.05) is 0 Å². The number of hydrogen-bond donors (Lipinski definition) is 1. The number of nitrogens with zero attached hydrogens (tertiary/aromatic N) is 3. The van der Waals surface area contributed by atoms with Crippen LogP contribution >= 0.6 is 11.3 Å². The van der Waals surface area contributed by atoms with Crippen molar-refractivity contribution in [2.45, 2.75) is 19.4 Å². The molecule has 0 bridgehead atoms. The first-order chi connectivity index (χ1) is 9.24. The van der Waals surface area contributed by atoms with Crippen LogP contribution in [-0.2, 0) is 13.5 Å². The van der Waals surface area contributed by atoms with E-state index in [2.05, 4.69) is 39.0 Å². The first-order valence-electron chi connectivity index (χ1n) is 6.27. The molecule has 0 amide bonds. The largest absolute Gasteiger partial charge is 0.365 e. The molecule has 98 valence electrons. The van der Waals surface area contributed by atoms with Crippen LogP contribution in [0.25, 0.3) is 11.0 Å². The molecule has 0 spiro atoms.